The number of likely N-dealkylation sites (tertiary alicyclic amines) is 1. The Kier molecular flexibility index (Phi) is 7.46. The van der Waals surface area contributed by atoms with Crippen molar-refractivity contribution in [2.45, 2.75) is 62.1 Å². The standard InChI is InChI=1S/C25H24F8N6O2/c26-16-6-1-12(7-17(16)27)15-11-38(23(41)35-13-2-4-14(40)5-3-13)18(15)10-34-21-8-19(24(28,29)30)36-22-9-20(25(31,32)33)37-39(21)22/h1,6-9,13-15,18,34,40H,2-5,10-11H2,(H,35,41). The molecule has 16 heteroatoms. The number of aliphatic hydroxyl groups is 1. The largest absolute Gasteiger partial charge is 0.435 e. The van der Waals surface area contributed by atoms with Crippen LogP contribution in [0.4, 0.5) is 45.7 Å². The number of carbonyl (C=O) groups excluding carboxylic acids is 1. The van der Waals surface area contributed by atoms with Crippen molar-refractivity contribution in [3.05, 3.63) is 58.9 Å². The zero-order chi connectivity index (χ0) is 29.7. The van der Waals surface area contributed by atoms with Crippen LogP contribution in [0.5, 0.6) is 0 Å². The summed E-state index contributed by atoms with van der Waals surface area (Å²) >= 11 is 0. The second-order valence-corrected chi connectivity index (χ2v) is 10.2. The number of nitrogens with zero attached hydrogens (tertiary/aromatic N) is 4. The van der Waals surface area contributed by atoms with Gasteiger partial charge in [-0.3, -0.25) is 0 Å². The number of carbonyl (C=O) groups is 1. The van der Waals surface area contributed by atoms with Crippen LogP contribution >= 0.6 is 0 Å². The molecule has 0 spiro atoms. The van der Waals surface area contributed by atoms with Crippen LogP contribution in [0, 0.1) is 11.6 Å². The molecule has 1 aliphatic carbocycles. The Bertz CT molecular complexity index is 1430. The van der Waals surface area contributed by atoms with E-state index in [0.717, 1.165) is 12.1 Å². The highest BCUT2D eigenvalue weighted by atomic mass is 19.4. The summed E-state index contributed by atoms with van der Waals surface area (Å²) < 4.78 is 108. The summed E-state index contributed by atoms with van der Waals surface area (Å²) in [5.74, 6) is -3.25. The van der Waals surface area contributed by atoms with Crippen molar-refractivity contribution >= 4 is 17.5 Å². The minimum absolute atomic E-state index is 0.0676. The van der Waals surface area contributed by atoms with E-state index in [9.17, 15) is 45.0 Å². The molecule has 1 aromatic carbocycles. The van der Waals surface area contributed by atoms with Crippen molar-refractivity contribution in [3.8, 4) is 0 Å². The van der Waals surface area contributed by atoms with Crippen molar-refractivity contribution in [1.82, 2.24) is 24.8 Å². The Hall–Kier alpha value is -3.69. The second kappa shape index (κ2) is 10.6. The van der Waals surface area contributed by atoms with Crippen molar-refractivity contribution < 1.29 is 45.0 Å². The molecule has 0 radical (unpaired) electrons. The van der Waals surface area contributed by atoms with Gasteiger partial charge in [0, 0.05) is 37.2 Å². The SMILES string of the molecule is O=C(NC1CCC(O)CC1)N1CC(c2ccc(F)c(F)c2)C1CNc1cc(C(F)(F)F)nc2cc(C(F)(F)F)nn12. The maximum Gasteiger partial charge on any atom is 0.435 e. The van der Waals surface area contributed by atoms with Gasteiger partial charge in [0.25, 0.3) is 0 Å². The summed E-state index contributed by atoms with van der Waals surface area (Å²) in [5, 5.41) is 18.6. The number of halogens is 8. The molecular weight excluding hydrogens is 568 g/mol. The molecule has 2 amide bonds. The number of urea groups is 1. The molecule has 41 heavy (non-hydrogen) atoms. The molecule has 3 heterocycles. The summed E-state index contributed by atoms with van der Waals surface area (Å²) in [6.45, 7) is -0.198. The van der Waals surface area contributed by atoms with Crippen LogP contribution in [0.15, 0.2) is 30.3 Å². The molecule has 2 atom stereocenters. The summed E-state index contributed by atoms with van der Waals surface area (Å²) in [6, 6.07) is 2.55. The van der Waals surface area contributed by atoms with Crippen molar-refractivity contribution in [2.24, 2.45) is 0 Å². The third-order valence-corrected chi connectivity index (χ3v) is 7.42. The van der Waals surface area contributed by atoms with Crippen LogP contribution < -0.4 is 10.6 Å². The van der Waals surface area contributed by atoms with Crippen molar-refractivity contribution in [1.29, 1.82) is 0 Å². The van der Waals surface area contributed by atoms with Gasteiger partial charge in [-0.25, -0.2) is 18.6 Å². The molecule has 2 aliphatic rings. The number of aliphatic hydroxyl groups excluding tert-OH is 1. The number of fused-ring (bicyclic) bond motifs is 1. The number of amides is 2. The van der Waals surface area contributed by atoms with E-state index in [2.05, 4.69) is 20.7 Å². The Labute approximate surface area is 227 Å². The fourth-order valence-corrected chi connectivity index (χ4v) is 5.18. The third kappa shape index (κ3) is 6.01. The second-order valence-electron chi connectivity index (χ2n) is 10.2. The predicted octanol–water partition coefficient (Wildman–Crippen LogP) is 4.94. The smallest absolute Gasteiger partial charge is 0.393 e. The zero-order valence-electron chi connectivity index (χ0n) is 21.1. The van der Waals surface area contributed by atoms with Gasteiger partial charge in [-0.05, 0) is 43.4 Å². The van der Waals surface area contributed by atoms with Crippen molar-refractivity contribution in [3.63, 3.8) is 0 Å². The lowest BCUT2D eigenvalue weighted by Crippen LogP contribution is -2.63. The maximum absolute atomic E-state index is 14.0. The van der Waals surface area contributed by atoms with Crippen molar-refractivity contribution in [2.75, 3.05) is 18.4 Å². The Morgan fingerprint density at radius 2 is 1.63 bits per heavy atom. The first-order valence-corrected chi connectivity index (χ1v) is 12.7. The van der Waals surface area contributed by atoms with Gasteiger partial charge in [0.15, 0.2) is 28.7 Å². The number of rotatable bonds is 5. The van der Waals surface area contributed by atoms with Gasteiger partial charge in [0.2, 0.25) is 0 Å². The van der Waals surface area contributed by atoms with E-state index in [1.54, 1.807) is 0 Å². The van der Waals surface area contributed by atoms with E-state index in [4.69, 9.17) is 0 Å². The van der Waals surface area contributed by atoms with Crippen LogP contribution in [-0.4, -0.2) is 61.9 Å². The van der Waals surface area contributed by atoms with E-state index in [-0.39, 0.29) is 19.1 Å². The van der Waals surface area contributed by atoms with Gasteiger partial charge in [-0.2, -0.15) is 36.0 Å². The molecule has 2 fully saturated rings. The monoisotopic (exact) mass is 592 g/mol. The van der Waals surface area contributed by atoms with Gasteiger partial charge >= 0.3 is 18.4 Å². The number of benzene rings is 1. The average molecular weight is 592 g/mol. The Balaban J connectivity index is 1.43. The van der Waals surface area contributed by atoms with Gasteiger partial charge in [-0.1, -0.05) is 6.07 Å². The number of anilines is 1. The minimum Gasteiger partial charge on any atom is -0.393 e. The molecule has 0 bridgehead atoms. The van der Waals surface area contributed by atoms with Crippen LogP contribution in [0.1, 0.15) is 48.6 Å². The van der Waals surface area contributed by atoms with E-state index in [1.165, 1.54) is 11.0 Å². The normalized spacial score (nSPS) is 23.4. The van der Waals surface area contributed by atoms with E-state index >= 15 is 0 Å². The number of nitrogens with one attached hydrogen (secondary N) is 2. The lowest BCUT2D eigenvalue weighted by molar-refractivity contribution is -0.142. The summed E-state index contributed by atoms with van der Waals surface area (Å²) in [5.41, 5.74) is -3.28. The summed E-state index contributed by atoms with van der Waals surface area (Å²) in [4.78, 5) is 17.7. The highest BCUT2D eigenvalue weighted by Gasteiger charge is 2.44. The van der Waals surface area contributed by atoms with E-state index < -0.39 is 70.9 Å². The fourth-order valence-electron chi connectivity index (χ4n) is 5.18. The molecule has 2 aromatic heterocycles. The first kappa shape index (κ1) is 28.8. The Morgan fingerprint density at radius 3 is 2.27 bits per heavy atom. The number of alkyl halides is 6. The minimum atomic E-state index is -4.98. The van der Waals surface area contributed by atoms with Crippen LogP contribution in [-0.2, 0) is 12.4 Å². The molecule has 5 rings (SSSR count). The lowest BCUT2D eigenvalue weighted by Gasteiger charge is -2.49. The summed E-state index contributed by atoms with van der Waals surface area (Å²) in [6.07, 6.45) is -8.32. The predicted molar refractivity (Wildman–Crippen MR) is 128 cm³/mol. The highest BCUT2D eigenvalue weighted by molar-refractivity contribution is 5.76. The molecule has 3 aromatic rings. The van der Waals surface area contributed by atoms with Crippen LogP contribution in [0.3, 0.4) is 0 Å². The molecule has 3 N–H and O–H groups in total. The van der Waals surface area contributed by atoms with Crippen LogP contribution in [0.2, 0.25) is 0 Å². The topological polar surface area (TPSA) is 94.8 Å². The highest BCUT2D eigenvalue weighted by Crippen LogP contribution is 2.37. The third-order valence-electron chi connectivity index (χ3n) is 7.42. The first-order valence-electron chi connectivity index (χ1n) is 12.7. The quantitative estimate of drug-likeness (QED) is 0.365. The number of hydrogen-bond donors (Lipinski definition) is 3. The van der Waals surface area contributed by atoms with Gasteiger partial charge in [-0.15, -0.1) is 0 Å². The van der Waals surface area contributed by atoms with Crippen LogP contribution in [0.25, 0.3) is 5.65 Å². The van der Waals surface area contributed by atoms with Gasteiger partial charge in [0.05, 0.1) is 12.1 Å². The first-order chi connectivity index (χ1) is 19.2. The number of aromatic nitrogens is 3. The van der Waals surface area contributed by atoms with Gasteiger partial charge in [0.1, 0.15) is 5.82 Å². The molecule has 1 saturated carbocycles. The maximum atomic E-state index is 14.0. The van der Waals surface area contributed by atoms with E-state index in [1.807, 2.05) is 0 Å². The lowest BCUT2D eigenvalue weighted by atomic mass is 9.82. The molecule has 1 aliphatic heterocycles. The average Bonchev–Trinajstić information content (AvgIpc) is 3.32. The van der Waals surface area contributed by atoms with E-state index in [0.29, 0.717) is 47.9 Å². The Morgan fingerprint density at radius 1 is 0.951 bits per heavy atom. The van der Waals surface area contributed by atoms with Gasteiger partial charge < -0.3 is 20.6 Å². The molecule has 1 saturated heterocycles. The molecule has 222 valence electrons. The number of hydrogen-bond acceptors (Lipinski definition) is 5. The summed E-state index contributed by atoms with van der Waals surface area (Å²) in [7, 11) is 0. The molecule has 2 unspecified atom stereocenters. The molecular formula is C25H24F8N6O2. The molecule has 8 nitrogen and oxygen atoms in total. The zero-order valence-corrected chi connectivity index (χ0v) is 21.1. The fraction of sp³-hybridized carbons (Fsp3) is 0.480.